The van der Waals surface area contributed by atoms with E-state index in [1.165, 1.54) is 24.3 Å². The van der Waals surface area contributed by atoms with E-state index >= 15 is 0 Å². The van der Waals surface area contributed by atoms with Gasteiger partial charge in [-0.1, -0.05) is 11.6 Å². The van der Waals surface area contributed by atoms with Crippen molar-refractivity contribution in [3.8, 4) is 0 Å². The summed E-state index contributed by atoms with van der Waals surface area (Å²) >= 11 is 5.66. The highest BCUT2D eigenvalue weighted by atomic mass is 35.5. The highest BCUT2D eigenvalue weighted by Gasteiger charge is 2.25. The molecule has 0 heterocycles. The second-order valence-corrected chi connectivity index (χ2v) is 6.19. The molecule has 1 aromatic rings. The Kier molecular flexibility index (Phi) is 4.90. The Balaban J connectivity index is 2.90. The van der Waals surface area contributed by atoms with Crippen LogP contribution in [-0.4, -0.2) is 31.6 Å². The van der Waals surface area contributed by atoms with Crippen molar-refractivity contribution in [2.75, 3.05) is 7.05 Å². The SMILES string of the molecule is CN(C(=O)CCC(N)=O)S(=O)(=O)c1ccc(Cl)cc1. The van der Waals surface area contributed by atoms with E-state index in [1.54, 1.807) is 0 Å². The Bertz CT molecular complexity index is 583. The predicted molar refractivity (Wildman–Crippen MR) is 69.8 cm³/mol. The molecule has 0 bridgehead atoms. The number of nitrogens with zero attached hydrogens (tertiary/aromatic N) is 1. The van der Waals surface area contributed by atoms with Crippen LogP contribution in [-0.2, 0) is 19.6 Å². The average Bonchev–Trinajstić information content (AvgIpc) is 2.35. The van der Waals surface area contributed by atoms with Gasteiger partial charge in [0.2, 0.25) is 11.8 Å². The van der Waals surface area contributed by atoms with Crippen LogP contribution in [0.1, 0.15) is 12.8 Å². The second-order valence-electron chi connectivity index (χ2n) is 3.79. The fourth-order valence-corrected chi connectivity index (χ4v) is 2.57. The van der Waals surface area contributed by atoms with Gasteiger partial charge in [0.25, 0.3) is 10.0 Å². The molecule has 0 atom stereocenters. The van der Waals surface area contributed by atoms with Crippen LogP contribution in [0.15, 0.2) is 29.2 Å². The fourth-order valence-electron chi connectivity index (χ4n) is 1.29. The first-order valence-corrected chi connectivity index (χ1v) is 7.12. The molecular weight excluding hydrogens is 292 g/mol. The summed E-state index contributed by atoms with van der Waals surface area (Å²) in [4.78, 5) is 22.2. The Morgan fingerprint density at radius 3 is 2.21 bits per heavy atom. The summed E-state index contributed by atoms with van der Waals surface area (Å²) in [6.45, 7) is 0. The standard InChI is InChI=1S/C11H13ClN2O4S/c1-14(11(16)7-6-10(13)15)19(17,18)9-4-2-8(12)3-5-9/h2-5H,6-7H2,1H3,(H2,13,15). The van der Waals surface area contributed by atoms with Crippen molar-refractivity contribution in [1.82, 2.24) is 4.31 Å². The summed E-state index contributed by atoms with van der Waals surface area (Å²) in [6.07, 6.45) is -0.446. The zero-order valence-electron chi connectivity index (χ0n) is 10.2. The highest BCUT2D eigenvalue weighted by molar-refractivity contribution is 7.89. The van der Waals surface area contributed by atoms with Crippen molar-refractivity contribution in [2.24, 2.45) is 5.73 Å². The Hall–Kier alpha value is -1.60. The maximum Gasteiger partial charge on any atom is 0.266 e. The minimum absolute atomic E-state index is 0.0492. The lowest BCUT2D eigenvalue weighted by molar-refractivity contribution is -0.128. The lowest BCUT2D eigenvalue weighted by atomic mass is 10.3. The molecule has 0 unspecified atom stereocenters. The smallest absolute Gasteiger partial charge is 0.266 e. The van der Waals surface area contributed by atoms with Crippen molar-refractivity contribution in [3.63, 3.8) is 0 Å². The van der Waals surface area contributed by atoms with E-state index < -0.39 is 21.8 Å². The molecule has 2 N–H and O–H groups in total. The van der Waals surface area contributed by atoms with Gasteiger partial charge in [0, 0.05) is 24.9 Å². The first kappa shape index (κ1) is 15.5. The molecule has 8 heteroatoms. The summed E-state index contributed by atoms with van der Waals surface area (Å²) in [5.41, 5.74) is 4.90. The minimum Gasteiger partial charge on any atom is -0.370 e. The summed E-state index contributed by atoms with van der Waals surface area (Å²) in [5, 5.41) is 0.390. The number of hydrogen-bond acceptors (Lipinski definition) is 4. The zero-order valence-corrected chi connectivity index (χ0v) is 11.7. The molecule has 0 saturated carbocycles. The molecule has 1 aromatic carbocycles. The molecule has 1 rings (SSSR count). The molecule has 6 nitrogen and oxygen atoms in total. The van der Waals surface area contributed by atoms with E-state index in [1.807, 2.05) is 0 Å². The molecule has 2 amide bonds. The lowest BCUT2D eigenvalue weighted by Gasteiger charge is -2.17. The molecule has 0 radical (unpaired) electrons. The molecule has 0 fully saturated rings. The first-order valence-electron chi connectivity index (χ1n) is 5.31. The number of halogens is 1. The molecule has 19 heavy (non-hydrogen) atoms. The van der Waals surface area contributed by atoms with Crippen LogP contribution in [0.2, 0.25) is 5.02 Å². The molecule has 0 spiro atoms. The first-order chi connectivity index (χ1) is 8.75. The van der Waals surface area contributed by atoms with Crippen molar-refractivity contribution >= 4 is 33.4 Å². The molecule has 104 valence electrons. The summed E-state index contributed by atoms with van der Waals surface area (Å²) in [5.74, 6) is -1.36. The number of primary amides is 1. The minimum atomic E-state index is -3.93. The van der Waals surface area contributed by atoms with Crippen molar-refractivity contribution in [2.45, 2.75) is 17.7 Å². The predicted octanol–water partition coefficient (Wildman–Crippen LogP) is 0.753. The van der Waals surface area contributed by atoms with E-state index in [0.717, 1.165) is 7.05 Å². The number of benzene rings is 1. The normalized spacial score (nSPS) is 11.1. The summed E-state index contributed by atoms with van der Waals surface area (Å²) < 4.78 is 24.7. The largest absolute Gasteiger partial charge is 0.370 e. The van der Waals surface area contributed by atoms with Crippen molar-refractivity contribution in [1.29, 1.82) is 0 Å². The van der Waals surface area contributed by atoms with Gasteiger partial charge >= 0.3 is 0 Å². The van der Waals surface area contributed by atoms with Crippen molar-refractivity contribution < 1.29 is 18.0 Å². The van der Waals surface area contributed by atoms with Gasteiger partial charge in [-0.25, -0.2) is 12.7 Å². The molecule has 0 saturated heterocycles. The van der Waals surface area contributed by atoms with Gasteiger partial charge in [-0.2, -0.15) is 0 Å². The van der Waals surface area contributed by atoms with Crippen LogP contribution < -0.4 is 5.73 Å². The quantitative estimate of drug-likeness (QED) is 0.868. The van der Waals surface area contributed by atoms with Crippen LogP contribution in [0.25, 0.3) is 0 Å². The maximum absolute atomic E-state index is 12.1. The maximum atomic E-state index is 12.1. The Labute approximate surface area is 116 Å². The molecular formula is C11H13ClN2O4S. The molecule has 0 aliphatic heterocycles. The van der Waals surface area contributed by atoms with Gasteiger partial charge in [0.05, 0.1) is 4.90 Å². The Morgan fingerprint density at radius 2 is 1.74 bits per heavy atom. The number of rotatable bonds is 5. The lowest BCUT2D eigenvalue weighted by Crippen LogP contribution is -2.33. The molecule has 0 aromatic heterocycles. The number of hydrogen-bond donors (Lipinski definition) is 1. The van der Waals surface area contributed by atoms with Gasteiger partial charge in [0.1, 0.15) is 0 Å². The van der Waals surface area contributed by atoms with Crippen LogP contribution in [0, 0.1) is 0 Å². The van der Waals surface area contributed by atoms with Crippen molar-refractivity contribution in [3.05, 3.63) is 29.3 Å². The monoisotopic (exact) mass is 304 g/mol. The van der Waals surface area contributed by atoms with Gasteiger partial charge in [0.15, 0.2) is 0 Å². The molecule has 0 aliphatic carbocycles. The van der Waals surface area contributed by atoms with Crippen LogP contribution in [0.4, 0.5) is 0 Å². The van der Waals surface area contributed by atoms with Crippen LogP contribution in [0.5, 0.6) is 0 Å². The zero-order chi connectivity index (χ0) is 14.6. The number of sulfonamides is 1. The summed E-state index contributed by atoms with van der Waals surface area (Å²) in [6, 6.07) is 5.43. The number of amides is 2. The van der Waals surface area contributed by atoms with E-state index in [4.69, 9.17) is 17.3 Å². The summed E-state index contributed by atoms with van der Waals surface area (Å²) in [7, 11) is -2.80. The number of nitrogens with two attached hydrogens (primary N) is 1. The van der Waals surface area contributed by atoms with Gasteiger partial charge < -0.3 is 5.73 Å². The average molecular weight is 305 g/mol. The van der Waals surface area contributed by atoms with E-state index in [9.17, 15) is 18.0 Å². The Morgan fingerprint density at radius 1 is 1.21 bits per heavy atom. The third-order valence-corrected chi connectivity index (χ3v) is 4.45. The third kappa shape index (κ3) is 3.93. The van der Waals surface area contributed by atoms with Crippen LogP contribution >= 0.6 is 11.6 Å². The van der Waals surface area contributed by atoms with E-state index in [2.05, 4.69) is 0 Å². The topological polar surface area (TPSA) is 97.5 Å². The van der Waals surface area contributed by atoms with E-state index in [0.29, 0.717) is 9.33 Å². The van der Waals surface area contributed by atoms with Gasteiger partial charge in [-0.15, -0.1) is 0 Å². The van der Waals surface area contributed by atoms with Crippen LogP contribution in [0.3, 0.4) is 0 Å². The number of carbonyl (C=O) groups is 2. The van der Waals surface area contributed by atoms with Gasteiger partial charge in [-0.3, -0.25) is 9.59 Å². The second kappa shape index (κ2) is 6.03. The fraction of sp³-hybridized carbons (Fsp3) is 0.273. The van der Waals surface area contributed by atoms with E-state index in [-0.39, 0.29) is 17.7 Å². The number of carbonyl (C=O) groups excluding carboxylic acids is 2. The molecule has 0 aliphatic rings. The van der Waals surface area contributed by atoms with Gasteiger partial charge in [-0.05, 0) is 24.3 Å². The third-order valence-electron chi connectivity index (χ3n) is 2.41. The highest BCUT2D eigenvalue weighted by Crippen LogP contribution is 2.18.